The summed E-state index contributed by atoms with van der Waals surface area (Å²) in [6, 6.07) is 0.600. The molecule has 3 nitrogen and oxygen atoms in total. The molecule has 0 spiro atoms. The summed E-state index contributed by atoms with van der Waals surface area (Å²) in [4.78, 5) is 12.9. The van der Waals surface area contributed by atoms with Gasteiger partial charge in [-0.05, 0) is 45.6 Å². The second-order valence-corrected chi connectivity index (χ2v) is 4.53. The topological polar surface area (TPSA) is 40.5 Å². The summed E-state index contributed by atoms with van der Waals surface area (Å²) in [5, 5.41) is 8.61. The average molecular weight is 199 g/mol. The van der Waals surface area contributed by atoms with Gasteiger partial charge in [0.25, 0.3) is 0 Å². The fraction of sp³-hybridized carbons (Fsp3) is 0.909. The lowest BCUT2D eigenvalue weighted by Gasteiger charge is -2.35. The van der Waals surface area contributed by atoms with E-state index in [1.807, 2.05) is 0 Å². The Bertz CT molecular complexity index is 192. The Hall–Kier alpha value is -0.570. The zero-order chi connectivity index (χ0) is 10.6. The minimum absolute atomic E-state index is 0.330. The maximum absolute atomic E-state index is 10.4. The molecule has 0 bridgehead atoms. The van der Waals surface area contributed by atoms with Crippen molar-refractivity contribution in [3.63, 3.8) is 0 Å². The van der Waals surface area contributed by atoms with Crippen LogP contribution >= 0.6 is 0 Å². The number of rotatable bonds is 4. The molecule has 1 aliphatic rings. The van der Waals surface area contributed by atoms with Gasteiger partial charge in [-0.15, -0.1) is 0 Å². The van der Waals surface area contributed by atoms with Gasteiger partial charge in [-0.2, -0.15) is 0 Å². The Balaban J connectivity index is 2.29. The standard InChI is InChI=1S/C11H21NO2/c1-9(2)12-7-3-4-10(8-12)5-6-11(13)14/h9-10H,3-8H2,1-2H3,(H,13,14). The smallest absolute Gasteiger partial charge is 0.303 e. The van der Waals surface area contributed by atoms with Crippen LogP contribution in [-0.2, 0) is 4.79 Å². The predicted molar refractivity (Wildman–Crippen MR) is 56.3 cm³/mol. The van der Waals surface area contributed by atoms with Crippen molar-refractivity contribution >= 4 is 5.97 Å². The molecule has 1 atom stereocenters. The van der Waals surface area contributed by atoms with Crippen LogP contribution in [0.2, 0.25) is 0 Å². The number of nitrogens with zero attached hydrogens (tertiary/aromatic N) is 1. The van der Waals surface area contributed by atoms with Crippen LogP contribution in [0.25, 0.3) is 0 Å². The number of hydrogen-bond acceptors (Lipinski definition) is 2. The molecule has 0 aromatic rings. The largest absolute Gasteiger partial charge is 0.481 e. The van der Waals surface area contributed by atoms with Crippen molar-refractivity contribution in [2.24, 2.45) is 5.92 Å². The molecule has 1 saturated heterocycles. The highest BCUT2D eigenvalue weighted by molar-refractivity contribution is 5.66. The number of carboxylic acid groups (broad SMARTS) is 1. The zero-order valence-electron chi connectivity index (χ0n) is 9.20. The quantitative estimate of drug-likeness (QED) is 0.752. The molecule has 14 heavy (non-hydrogen) atoms. The first kappa shape index (κ1) is 11.5. The third kappa shape index (κ3) is 3.66. The Morgan fingerprint density at radius 3 is 2.86 bits per heavy atom. The second kappa shape index (κ2) is 5.35. The van der Waals surface area contributed by atoms with Crippen molar-refractivity contribution in [1.29, 1.82) is 0 Å². The molecule has 1 rings (SSSR count). The van der Waals surface area contributed by atoms with Crippen LogP contribution in [0, 0.1) is 5.92 Å². The minimum atomic E-state index is -0.660. The van der Waals surface area contributed by atoms with Crippen LogP contribution < -0.4 is 0 Å². The molecule has 0 aliphatic carbocycles. The third-order valence-electron chi connectivity index (χ3n) is 3.05. The minimum Gasteiger partial charge on any atom is -0.481 e. The van der Waals surface area contributed by atoms with Crippen LogP contribution in [0.1, 0.15) is 39.5 Å². The summed E-state index contributed by atoms with van der Waals surface area (Å²) in [5.74, 6) is -0.0612. The molecule has 82 valence electrons. The number of aliphatic carboxylic acids is 1. The first-order valence-corrected chi connectivity index (χ1v) is 5.55. The molecule has 3 heteroatoms. The maximum Gasteiger partial charge on any atom is 0.303 e. The third-order valence-corrected chi connectivity index (χ3v) is 3.05. The van der Waals surface area contributed by atoms with Gasteiger partial charge in [0.1, 0.15) is 0 Å². The van der Waals surface area contributed by atoms with Crippen molar-refractivity contribution in [2.75, 3.05) is 13.1 Å². The van der Waals surface area contributed by atoms with Crippen molar-refractivity contribution in [1.82, 2.24) is 4.90 Å². The predicted octanol–water partition coefficient (Wildman–Crippen LogP) is 1.97. The number of hydrogen-bond donors (Lipinski definition) is 1. The van der Waals surface area contributed by atoms with E-state index in [1.54, 1.807) is 0 Å². The molecule has 0 aromatic heterocycles. The molecule has 0 amide bonds. The molecule has 1 N–H and O–H groups in total. The van der Waals surface area contributed by atoms with E-state index in [4.69, 9.17) is 5.11 Å². The summed E-state index contributed by atoms with van der Waals surface area (Å²) >= 11 is 0. The molecule has 0 radical (unpaired) electrons. The molecule has 1 heterocycles. The van der Waals surface area contributed by atoms with Gasteiger partial charge in [0, 0.05) is 19.0 Å². The van der Waals surface area contributed by atoms with Crippen LogP contribution in [0.15, 0.2) is 0 Å². The Kier molecular flexibility index (Phi) is 4.39. The number of carboxylic acids is 1. The molecular weight excluding hydrogens is 178 g/mol. The first-order chi connectivity index (χ1) is 6.59. The summed E-state index contributed by atoms with van der Waals surface area (Å²) in [7, 11) is 0. The number of likely N-dealkylation sites (tertiary alicyclic amines) is 1. The molecule has 0 saturated carbocycles. The summed E-state index contributed by atoms with van der Waals surface area (Å²) < 4.78 is 0. The Labute approximate surface area is 86.1 Å². The summed E-state index contributed by atoms with van der Waals surface area (Å²) in [6.45, 7) is 6.69. The monoisotopic (exact) mass is 199 g/mol. The zero-order valence-corrected chi connectivity index (χ0v) is 9.20. The lowest BCUT2D eigenvalue weighted by Crippen LogP contribution is -2.40. The van der Waals surface area contributed by atoms with Gasteiger partial charge in [0.05, 0.1) is 0 Å². The van der Waals surface area contributed by atoms with Gasteiger partial charge >= 0.3 is 5.97 Å². The van der Waals surface area contributed by atoms with E-state index in [0.717, 1.165) is 13.0 Å². The highest BCUT2D eigenvalue weighted by atomic mass is 16.4. The fourth-order valence-electron chi connectivity index (χ4n) is 2.13. The van der Waals surface area contributed by atoms with Crippen molar-refractivity contribution in [3.8, 4) is 0 Å². The molecular formula is C11H21NO2. The fourth-order valence-corrected chi connectivity index (χ4v) is 2.13. The van der Waals surface area contributed by atoms with Crippen LogP contribution in [0.4, 0.5) is 0 Å². The molecule has 1 aliphatic heterocycles. The van der Waals surface area contributed by atoms with Crippen molar-refractivity contribution in [3.05, 3.63) is 0 Å². The highest BCUT2D eigenvalue weighted by Gasteiger charge is 2.21. The van der Waals surface area contributed by atoms with E-state index in [0.29, 0.717) is 18.4 Å². The molecule has 1 fully saturated rings. The second-order valence-electron chi connectivity index (χ2n) is 4.53. The SMILES string of the molecule is CC(C)N1CCCC(CCC(=O)O)C1. The normalized spacial score (nSPS) is 24.1. The van der Waals surface area contributed by atoms with Gasteiger partial charge in [-0.25, -0.2) is 0 Å². The van der Waals surface area contributed by atoms with Gasteiger partial charge in [-0.1, -0.05) is 0 Å². The van der Waals surface area contributed by atoms with Gasteiger partial charge in [0.2, 0.25) is 0 Å². The van der Waals surface area contributed by atoms with Gasteiger partial charge in [-0.3, -0.25) is 4.79 Å². The average Bonchev–Trinajstić information content (AvgIpc) is 2.15. The van der Waals surface area contributed by atoms with E-state index < -0.39 is 5.97 Å². The van der Waals surface area contributed by atoms with Crippen molar-refractivity contribution in [2.45, 2.75) is 45.6 Å². The van der Waals surface area contributed by atoms with E-state index in [2.05, 4.69) is 18.7 Å². The van der Waals surface area contributed by atoms with E-state index in [-0.39, 0.29) is 0 Å². The first-order valence-electron chi connectivity index (χ1n) is 5.55. The summed E-state index contributed by atoms with van der Waals surface area (Å²) in [5.41, 5.74) is 0. The van der Waals surface area contributed by atoms with Crippen LogP contribution in [0.5, 0.6) is 0 Å². The number of carbonyl (C=O) groups is 1. The number of piperidine rings is 1. The van der Waals surface area contributed by atoms with Crippen LogP contribution in [-0.4, -0.2) is 35.1 Å². The lowest BCUT2D eigenvalue weighted by molar-refractivity contribution is -0.137. The van der Waals surface area contributed by atoms with Crippen molar-refractivity contribution < 1.29 is 9.90 Å². The summed E-state index contributed by atoms with van der Waals surface area (Å²) in [6.07, 6.45) is 3.61. The van der Waals surface area contributed by atoms with E-state index >= 15 is 0 Å². The maximum atomic E-state index is 10.4. The van der Waals surface area contributed by atoms with E-state index in [1.165, 1.54) is 19.4 Å². The Morgan fingerprint density at radius 2 is 2.29 bits per heavy atom. The van der Waals surface area contributed by atoms with E-state index in [9.17, 15) is 4.79 Å². The van der Waals surface area contributed by atoms with Gasteiger partial charge < -0.3 is 10.0 Å². The lowest BCUT2D eigenvalue weighted by atomic mass is 9.93. The molecule has 0 aromatic carbocycles. The Morgan fingerprint density at radius 1 is 1.57 bits per heavy atom. The highest BCUT2D eigenvalue weighted by Crippen LogP contribution is 2.22. The van der Waals surface area contributed by atoms with Gasteiger partial charge in [0.15, 0.2) is 0 Å². The molecule has 1 unspecified atom stereocenters. The van der Waals surface area contributed by atoms with Crippen LogP contribution in [0.3, 0.4) is 0 Å².